The Balaban J connectivity index is 1.82. The smallest absolute Gasteiger partial charge is 0.220 e. The van der Waals surface area contributed by atoms with Gasteiger partial charge in [-0.1, -0.05) is 19.1 Å². The van der Waals surface area contributed by atoms with Gasteiger partial charge in [0, 0.05) is 18.4 Å². The van der Waals surface area contributed by atoms with Crippen LogP contribution < -0.4 is 11.1 Å². The molecule has 0 saturated heterocycles. The van der Waals surface area contributed by atoms with Crippen LogP contribution in [-0.4, -0.2) is 17.9 Å². The van der Waals surface area contributed by atoms with Crippen LogP contribution in [0.1, 0.15) is 44.1 Å². The molecule has 0 unspecified atom stereocenters. The Bertz CT molecular complexity index is 516. The number of carbonyl (C=O) groups excluding carboxylic acids is 2. The SMILES string of the molecule is C[C@H](CC(=O)N[C@@H]1CC[C@H](C(N)=O)C1)c1ccc(F)cc1. The quantitative estimate of drug-likeness (QED) is 0.872. The van der Waals surface area contributed by atoms with E-state index in [2.05, 4.69) is 5.32 Å². The fourth-order valence-electron chi connectivity index (χ4n) is 2.84. The van der Waals surface area contributed by atoms with Crippen LogP contribution in [0.5, 0.6) is 0 Å². The van der Waals surface area contributed by atoms with Crippen LogP contribution in [0.15, 0.2) is 24.3 Å². The second kappa shape index (κ2) is 6.70. The van der Waals surface area contributed by atoms with Gasteiger partial charge in [-0.05, 0) is 42.9 Å². The zero-order valence-electron chi connectivity index (χ0n) is 12.1. The lowest BCUT2D eigenvalue weighted by Crippen LogP contribution is -2.34. The molecule has 1 aromatic rings. The summed E-state index contributed by atoms with van der Waals surface area (Å²) in [4.78, 5) is 23.1. The Labute approximate surface area is 123 Å². The van der Waals surface area contributed by atoms with E-state index in [4.69, 9.17) is 5.73 Å². The van der Waals surface area contributed by atoms with Gasteiger partial charge in [0.15, 0.2) is 0 Å². The van der Waals surface area contributed by atoms with Crippen LogP contribution in [0.3, 0.4) is 0 Å². The molecule has 1 aromatic carbocycles. The summed E-state index contributed by atoms with van der Waals surface area (Å²) in [5.41, 5.74) is 6.22. The molecule has 1 fully saturated rings. The van der Waals surface area contributed by atoms with E-state index in [0.29, 0.717) is 12.8 Å². The number of nitrogens with two attached hydrogens (primary N) is 1. The van der Waals surface area contributed by atoms with Crippen LogP contribution in [-0.2, 0) is 9.59 Å². The van der Waals surface area contributed by atoms with Crippen molar-refractivity contribution in [3.05, 3.63) is 35.6 Å². The number of halogens is 1. The first kappa shape index (κ1) is 15.5. The van der Waals surface area contributed by atoms with Gasteiger partial charge in [0.1, 0.15) is 5.82 Å². The topological polar surface area (TPSA) is 72.2 Å². The molecule has 0 heterocycles. The second-order valence-electron chi connectivity index (χ2n) is 5.83. The first-order valence-corrected chi connectivity index (χ1v) is 7.30. The molecule has 4 nitrogen and oxygen atoms in total. The van der Waals surface area contributed by atoms with Crippen LogP contribution in [0.4, 0.5) is 4.39 Å². The van der Waals surface area contributed by atoms with Gasteiger partial charge in [-0.3, -0.25) is 9.59 Å². The number of hydrogen-bond acceptors (Lipinski definition) is 2. The molecule has 0 aliphatic heterocycles. The van der Waals surface area contributed by atoms with E-state index < -0.39 is 0 Å². The van der Waals surface area contributed by atoms with E-state index in [-0.39, 0.29) is 35.5 Å². The lowest BCUT2D eigenvalue weighted by molar-refractivity contribution is -0.123. The molecule has 1 saturated carbocycles. The van der Waals surface area contributed by atoms with Crippen LogP contribution >= 0.6 is 0 Å². The van der Waals surface area contributed by atoms with Crippen molar-refractivity contribution in [2.75, 3.05) is 0 Å². The summed E-state index contributed by atoms with van der Waals surface area (Å²) >= 11 is 0. The molecule has 114 valence electrons. The van der Waals surface area contributed by atoms with E-state index in [9.17, 15) is 14.0 Å². The van der Waals surface area contributed by atoms with Crippen molar-refractivity contribution in [2.45, 2.75) is 44.6 Å². The van der Waals surface area contributed by atoms with Gasteiger partial charge in [-0.2, -0.15) is 0 Å². The highest BCUT2D eigenvalue weighted by molar-refractivity contribution is 5.79. The van der Waals surface area contributed by atoms with Gasteiger partial charge in [-0.15, -0.1) is 0 Å². The van der Waals surface area contributed by atoms with Gasteiger partial charge in [0.2, 0.25) is 11.8 Å². The molecular formula is C16H21FN2O2. The average molecular weight is 292 g/mol. The molecule has 0 bridgehead atoms. The fourth-order valence-corrected chi connectivity index (χ4v) is 2.84. The van der Waals surface area contributed by atoms with Crippen molar-refractivity contribution in [2.24, 2.45) is 11.7 Å². The Morgan fingerprint density at radius 3 is 2.57 bits per heavy atom. The summed E-state index contributed by atoms with van der Waals surface area (Å²) in [5, 5.41) is 2.95. The summed E-state index contributed by atoms with van der Waals surface area (Å²) in [7, 11) is 0. The molecule has 0 radical (unpaired) electrons. The maximum Gasteiger partial charge on any atom is 0.220 e. The molecule has 1 aliphatic carbocycles. The summed E-state index contributed by atoms with van der Waals surface area (Å²) in [6, 6.07) is 6.24. The van der Waals surface area contributed by atoms with Crippen LogP contribution in [0.25, 0.3) is 0 Å². The Morgan fingerprint density at radius 1 is 1.33 bits per heavy atom. The molecule has 0 spiro atoms. The van der Waals surface area contributed by atoms with Crippen molar-refractivity contribution in [1.82, 2.24) is 5.32 Å². The van der Waals surface area contributed by atoms with Gasteiger partial charge in [0.25, 0.3) is 0 Å². The molecule has 2 amide bonds. The summed E-state index contributed by atoms with van der Waals surface area (Å²) in [6.07, 6.45) is 2.52. The zero-order chi connectivity index (χ0) is 15.4. The second-order valence-corrected chi connectivity index (χ2v) is 5.83. The number of rotatable bonds is 5. The van der Waals surface area contributed by atoms with Crippen LogP contribution in [0.2, 0.25) is 0 Å². The lowest BCUT2D eigenvalue weighted by Gasteiger charge is -2.16. The highest BCUT2D eigenvalue weighted by atomic mass is 19.1. The van der Waals surface area contributed by atoms with Gasteiger partial charge in [0.05, 0.1) is 0 Å². The van der Waals surface area contributed by atoms with E-state index in [0.717, 1.165) is 18.4 Å². The molecule has 1 aliphatic rings. The van der Waals surface area contributed by atoms with E-state index in [1.165, 1.54) is 12.1 Å². The van der Waals surface area contributed by atoms with E-state index >= 15 is 0 Å². The first-order valence-electron chi connectivity index (χ1n) is 7.30. The van der Waals surface area contributed by atoms with Gasteiger partial charge >= 0.3 is 0 Å². The van der Waals surface area contributed by atoms with Crippen LogP contribution in [0, 0.1) is 11.7 Å². The highest BCUT2D eigenvalue weighted by Crippen LogP contribution is 2.26. The predicted molar refractivity (Wildman–Crippen MR) is 77.9 cm³/mol. The van der Waals surface area contributed by atoms with Crippen molar-refractivity contribution < 1.29 is 14.0 Å². The number of carbonyl (C=O) groups is 2. The van der Waals surface area contributed by atoms with Crippen molar-refractivity contribution in [3.63, 3.8) is 0 Å². The Hall–Kier alpha value is -1.91. The van der Waals surface area contributed by atoms with Gasteiger partial charge < -0.3 is 11.1 Å². The molecule has 5 heteroatoms. The van der Waals surface area contributed by atoms with Crippen molar-refractivity contribution >= 4 is 11.8 Å². The molecule has 3 N–H and O–H groups in total. The van der Waals surface area contributed by atoms with E-state index in [1.807, 2.05) is 6.92 Å². The minimum atomic E-state index is -0.286. The molecule has 21 heavy (non-hydrogen) atoms. The standard InChI is InChI=1S/C16H21FN2O2/c1-10(11-2-5-13(17)6-3-11)8-15(20)19-14-7-4-12(9-14)16(18)21/h2-3,5-6,10,12,14H,4,7-9H2,1H3,(H2,18,21)(H,19,20)/t10-,12+,14-/m1/s1. The first-order chi connectivity index (χ1) is 9.95. The minimum absolute atomic E-state index is 0.0268. The third kappa shape index (κ3) is 4.28. The Kier molecular flexibility index (Phi) is 4.94. The molecule has 0 aromatic heterocycles. The summed E-state index contributed by atoms with van der Waals surface area (Å²) in [6.45, 7) is 1.94. The predicted octanol–water partition coefficient (Wildman–Crippen LogP) is 2.09. The molecular weight excluding hydrogens is 271 g/mol. The minimum Gasteiger partial charge on any atom is -0.369 e. The lowest BCUT2D eigenvalue weighted by atomic mass is 9.97. The number of primary amides is 1. The van der Waals surface area contributed by atoms with Gasteiger partial charge in [-0.25, -0.2) is 4.39 Å². The average Bonchev–Trinajstić information content (AvgIpc) is 2.87. The monoisotopic (exact) mass is 292 g/mol. The number of amides is 2. The van der Waals surface area contributed by atoms with Crippen molar-refractivity contribution in [1.29, 1.82) is 0 Å². The third-order valence-corrected chi connectivity index (χ3v) is 4.13. The zero-order valence-corrected chi connectivity index (χ0v) is 12.1. The number of benzene rings is 1. The number of nitrogens with one attached hydrogen (secondary N) is 1. The largest absolute Gasteiger partial charge is 0.369 e. The summed E-state index contributed by atoms with van der Waals surface area (Å²) in [5.74, 6) is -0.698. The molecule has 3 atom stereocenters. The van der Waals surface area contributed by atoms with E-state index in [1.54, 1.807) is 12.1 Å². The normalized spacial score (nSPS) is 22.8. The Morgan fingerprint density at radius 2 is 2.00 bits per heavy atom. The number of hydrogen-bond donors (Lipinski definition) is 2. The summed E-state index contributed by atoms with van der Waals surface area (Å²) < 4.78 is 12.9. The highest BCUT2D eigenvalue weighted by Gasteiger charge is 2.29. The third-order valence-electron chi connectivity index (χ3n) is 4.13. The maximum atomic E-state index is 12.9. The van der Waals surface area contributed by atoms with Crippen molar-refractivity contribution in [3.8, 4) is 0 Å². The fraction of sp³-hybridized carbons (Fsp3) is 0.500. The molecule has 2 rings (SSSR count). The maximum absolute atomic E-state index is 12.9.